The lowest BCUT2D eigenvalue weighted by Crippen LogP contribution is -1.98. The first-order chi connectivity index (χ1) is 9.31. The third-order valence-electron chi connectivity index (χ3n) is 3.42. The third-order valence-corrected chi connectivity index (χ3v) is 3.42. The van der Waals surface area contributed by atoms with Gasteiger partial charge in [-0.05, 0) is 32.1 Å². The van der Waals surface area contributed by atoms with Gasteiger partial charge in [0.2, 0.25) is 0 Å². The summed E-state index contributed by atoms with van der Waals surface area (Å²) in [6, 6.07) is 0. The molecule has 0 aromatic rings. The maximum atomic E-state index is 11.6. The van der Waals surface area contributed by atoms with Gasteiger partial charge in [-0.15, -0.1) is 6.58 Å². The molecule has 0 saturated heterocycles. The number of ether oxygens (including phenoxy) is 1. The zero-order valence-electron chi connectivity index (χ0n) is 12.8. The average Bonchev–Trinajstić information content (AvgIpc) is 2.41. The zero-order chi connectivity index (χ0) is 14.2. The van der Waals surface area contributed by atoms with Crippen molar-refractivity contribution in [3.63, 3.8) is 0 Å². The van der Waals surface area contributed by atoms with E-state index in [1.54, 1.807) is 7.11 Å². The summed E-state index contributed by atoms with van der Waals surface area (Å²) in [5.41, 5.74) is 0. The van der Waals surface area contributed by atoms with Crippen LogP contribution >= 0.6 is 0 Å². The molecule has 0 atom stereocenters. The summed E-state index contributed by atoms with van der Waals surface area (Å²) < 4.78 is 4.99. The van der Waals surface area contributed by atoms with Crippen molar-refractivity contribution in [3.8, 4) is 0 Å². The zero-order valence-corrected chi connectivity index (χ0v) is 12.8. The minimum absolute atomic E-state index is 0.448. The van der Waals surface area contributed by atoms with Gasteiger partial charge in [0.1, 0.15) is 5.78 Å². The van der Waals surface area contributed by atoms with Crippen LogP contribution in [0.15, 0.2) is 12.7 Å². The highest BCUT2D eigenvalue weighted by atomic mass is 16.5. The Hall–Kier alpha value is -0.630. The van der Waals surface area contributed by atoms with Gasteiger partial charge in [-0.3, -0.25) is 4.79 Å². The number of rotatable bonds is 15. The van der Waals surface area contributed by atoms with E-state index in [2.05, 4.69) is 6.58 Å². The van der Waals surface area contributed by atoms with Gasteiger partial charge < -0.3 is 4.74 Å². The predicted molar refractivity (Wildman–Crippen MR) is 82.5 cm³/mol. The van der Waals surface area contributed by atoms with E-state index < -0.39 is 0 Å². The third kappa shape index (κ3) is 15.3. The molecule has 0 radical (unpaired) electrons. The molecule has 0 N–H and O–H groups in total. The molecular weight excluding hydrogens is 236 g/mol. The summed E-state index contributed by atoms with van der Waals surface area (Å²) >= 11 is 0. The molecular formula is C17H32O2. The molecule has 0 spiro atoms. The number of hydrogen-bond acceptors (Lipinski definition) is 2. The first-order valence-corrected chi connectivity index (χ1v) is 7.92. The van der Waals surface area contributed by atoms with E-state index in [-0.39, 0.29) is 0 Å². The van der Waals surface area contributed by atoms with Crippen LogP contribution in [-0.4, -0.2) is 19.5 Å². The van der Waals surface area contributed by atoms with Gasteiger partial charge in [-0.2, -0.15) is 0 Å². The predicted octanol–water partition coefficient (Wildman–Crippen LogP) is 5.07. The molecule has 0 heterocycles. The van der Waals surface area contributed by atoms with Gasteiger partial charge in [0.25, 0.3) is 0 Å². The number of carbonyl (C=O) groups excluding carboxylic acids is 1. The lowest BCUT2D eigenvalue weighted by atomic mass is 10.0. The highest BCUT2D eigenvalue weighted by molar-refractivity contribution is 5.78. The highest BCUT2D eigenvalue weighted by Gasteiger charge is 2.01. The fourth-order valence-corrected chi connectivity index (χ4v) is 2.19. The Kier molecular flexibility index (Phi) is 14.9. The van der Waals surface area contributed by atoms with Crippen LogP contribution < -0.4 is 0 Å². The van der Waals surface area contributed by atoms with Crippen LogP contribution in [0, 0.1) is 0 Å². The summed E-state index contributed by atoms with van der Waals surface area (Å²) in [5.74, 6) is 0.448. The fraction of sp³-hybridized carbons (Fsp3) is 0.824. The van der Waals surface area contributed by atoms with E-state index in [9.17, 15) is 4.79 Å². The SMILES string of the molecule is C=CCCCCCCCCC(=O)CCCCCOC. The van der Waals surface area contributed by atoms with Crippen molar-refractivity contribution in [2.45, 2.75) is 77.0 Å². The molecule has 0 aliphatic carbocycles. The van der Waals surface area contributed by atoms with Crippen LogP contribution in [0.3, 0.4) is 0 Å². The van der Waals surface area contributed by atoms with Gasteiger partial charge in [-0.1, -0.05) is 38.2 Å². The highest BCUT2D eigenvalue weighted by Crippen LogP contribution is 2.10. The van der Waals surface area contributed by atoms with E-state index >= 15 is 0 Å². The van der Waals surface area contributed by atoms with Crippen LogP contribution in [0.1, 0.15) is 77.0 Å². The van der Waals surface area contributed by atoms with Gasteiger partial charge in [0.05, 0.1) is 0 Å². The summed E-state index contributed by atoms with van der Waals surface area (Å²) in [6.07, 6.45) is 15.4. The molecule has 0 rings (SSSR count). The van der Waals surface area contributed by atoms with E-state index in [4.69, 9.17) is 4.74 Å². The summed E-state index contributed by atoms with van der Waals surface area (Å²) in [5, 5.41) is 0. The number of carbonyl (C=O) groups is 1. The second-order valence-electron chi connectivity index (χ2n) is 5.29. The Labute approximate surface area is 119 Å². The Morgan fingerprint density at radius 1 is 0.895 bits per heavy atom. The molecule has 0 unspecified atom stereocenters. The molecule has 0 saturated carbocycles. The Balaban J connectivity index is 3.13. The quantitative estimate of drug-likeness (QED) is 0.306. The maximum Gasteiger partial charge on any atom is 0.132 e. The number of ketones is 1. The minimum Gasteiger partial charge on any atom is -0.385 e. The van der Waals surface area contributed by atoms with Crippen molar-refractivity contribution in [1.29, 1.82) is 0 Å². The van der Waals surface area contributed by atoms with Crippen LogP contribution in [0.5, 0.6) is 0 Å². The van der Waals surface area contributed by atoms with Gasteiger partial charge >= 0.3 is 0 Å². The van der Waals surface area contributed by atoms with Gasteiger partial charge in [0, 0.05) is 26.6 Å². The van der Waals surface area contributed by atoms with E-state index in [0.717, 1.165) is 51.6 Å². The van der Waals surface area contributed by atoms with E-state index in [0.29, 0.717) is 5.78 Å². The molecule has 0 aromatic carbocycles. The van der Waals surface area contributed by atoms with Crippen LogP contribution in [0.4, 0.5) is 0 Å². The molecule has 2 heteroatoms. The molecule has 0 bridgehead atoms. The summed E-state index contributed by atoms with van der Waals surface area (Å²) in [6.45, 7) is 4.54. The van der Waals surface area contributed by atoms with Gasteiger partial charge in [-0.25, -0.2) is 0 Å². The second-order valence-corrected chi connectivity index (χ2v) is 5.29. The Morgan fingerprint density at radius 3 is 2.00 bits per heavy atom. The molecule has 0 amide bonds. The average molecular weight is 268 g/mol. The second kappa shape index (κ2) is 15.4. The lowest BCUT2D eigenvalue weighted by Gasteiger charge is -2.02. The van der Waals surface area contributed by atoms with Crippen LogP contribution in [0.2, 0.25) is 0 Å². The Morgan fingerprint density at radius 2 is 1.42 bits per heavy atom. The molecule has 0 aliphatic rings. The molecule has 112 valence electrons. The number of Topliss-reactive ketones (excluding diaryl/α,β-unsaturated/α-hetero) is 1. The van der Waals surface area contributed by atoms with Gasteiger partial charge in [0.15, 0.2) is 0 Å². The van der Waals surface area contributed by atoms with Crippen LogP contribution in [0.25, 0.3) is 0 Å². The number of hydrogen-bond donors (Lipinski definition) is 0. The first kappa shape index (κ1) is 18.4. The molecule has 0 aliphatic heterocycles. The van der Waals surface area contributed by atoms with Crippen molar-refractivity contribution in [2.75, 3.05) is 13.7 Å². The summed E-state index contributed by atoms with van der Waals surface area (Å²) in [4.78, 5) is 11.6. The standard InChI is InChI=1S/C17H32O2/c1-3-4-5-6-7-8-9-11-14-17(18)15-12-10-13-16-19-2/h3H,1,4-16H2,2H3. The number of allylic oxidation sites excluding steroid dienone is 1. The lowest BCUT2D eigenvalue weighted by molar-refractivity contribution is -0.119. The van der Waals surface area contributed by atoms with Crippen molar-refractivity contribution in [1.82, 2.24) is 0 Å². The molecule has 19 heavy (non-hydrogen) atoms. The van der Waals surface area contributed by atoms with Crippen molar-refractivity contribution < 1.29 is 9.53 Å². The topological polar surface area (TPSA) is 26.3 Å². The normalized spacial score (nSPS) is 10.6. The van der Waals surface area contributed by atoms with E-state index in [1.165, 1.54) is 32.1 Å². The summed E-state index contributed by atoms with van der Waals surface area (Å²) in [7, 11) is 1.72. The largest absolute Gasteiger partial charge is 0.385 e. The fourth-order valence-electron chi connectivity index (χ4n) is 2.19. The minimum atomic E-state index is 0.448. The first-order valence-electron chi connectivity index (χ1n) is 7.92. The van der Waals surface area contributed by atoms with E-state index in [1.807, 2.05) is 6.08 Å². The van der Waals surface area contributed by atoms with Crippen LogP contribution in [-0.2, 0) is 9.53 Å². The van der Waals surface area contributed by atoms with Crippen molar-refractivity contribution >= 4 is 5.78 Å². The molecule has 0 aromatic heterocycles. The van der Waals surface area contributed by atoms with Crippen molar-refractivity contribution in [3.05, 3.63) is 12.7 Å². The monoisotopic (exact) mass is 268 g/mol. The smallest absolute Gasteiger partial charge is 0.132 e. The molecule has 0 fully saturated rings. The molecule has 2 nitrogen and oxygen atoms in total. The van der Waals surface area contributed by atoms with Crippen molar-refractivity contribution in [2.24, 2.45) is 0 Å². The maximum absolute atomic E-state index is 11.6. The Bertz CT molecular complexity index is 211. The number of methoxy groups -OCH3 is 1. The number of unbranched alkanes of at least 4 members (excludes halogenated alkanes) is 8.